The number of nitrogens with zero attached hydrogens (tertiary/aromatic N) is 1. The second-order valence-corrected chi connectivity index (χ2v) is 5.17. The van der Waals surface area contributed by atoms with Crippen LogP contribution in [-0.2, 0) is 0 Å². The Hall–Kier alpha value is -2.40. The second-order valence-electron chi connectivity index (χ2n) is 4.73. The van der Waals surface area contributed by atoms with E-state index in [1.165, 1.54) is 0 Å². The minimum atomic E-state index is 0.550. The predicted octanol–water partition coefficient (Wildman–Crippen LogP) is 4.20. The van der Waals surface area contributed by atoms with E-state index in [0.717, 1.165) is 17.0 Å². The summed E-state index contributed by atoms with van der Waals surface area (Å²) in [5.41, 5.74) is 5.41. The standard InChI is InChI=1S/C17H19ClN2O3/c1-11(19-20-14-7-5-6-13(18)10-14)12-8-15(21-2)17(23-4)16(9-12)22-3/h5-10,20H,1-4H3. The van der Waals surface area contributed by atoms with Gasteiger partial charge < -0.3 is 14.2 Å². The molecule has 2 aromatic carbocycles. The van der Waals surface area contributed by atoms with Crippen LogP contribution in [0.5, 0.6) is 17.2 Å². The Morgan fingerprint density at radius 3 is 2.17 bits per heavy atom. The molecule has 0 atom stereocenters. The molecule has 5 nitrogen and oxygen atoms in total. The molecule has 1 N–H and O–H groups in total. The van der Waals surface area contributed by atoms with Crippen LogP contribution >= 0.6 is 11.6 Å². The molecule has 0 unspecified atom stereocenters. The molecule has 0 aliphatic rings. The Bertz CT molecular complexity index is 692. The van der Waals surface area contributed by atoms with E-state index in [1.54, 1.807) is 27.4 Å². The Balaban J connectivity index is 2.31. The third kappa shape index (κ3) is 4.07. The van der Waals surface area contributed by atoms with Crippen molar-refractivity contribution in [1.29, 1.82) is 0 Å². The van der Waals surface area contributed by atoms with Crippen LogP contribution in [0.4, 0.5) is 5.69 Å². The van der Waals surface area contributed by atoms with Crippen molar-refractivity contribution in [2.75, 3.05) is 26.8 Å². The molecule has 0 saturated carbocycles. The summed E-state index contributed by atoms with van der Waals surface area (Å²) in [5, 5.41) is 5.02. The molecule has 2 aromatic rings. The van der Waals surface area contributed by atoms with Crippen LogP contribution in [0, 0.1) is 0 Å². The SMILES string of the molecule is COc1cc(C(C)=NNc2cccc(Cl)c2)cc(OC)c1OC. The maximum atomic E-state index is 5.95. The van der Waals surface area contributed by atoms with Crippen molar-refractivity contribution in [3.05, 3.63) is 47.0 Å². The number of nitrogens with one attached hydrogen (secondary N) is 1. The van der Waals surface area contributed by atoms with Crippen molar-refractivity contribution in [3.8, 4) is 17.2 Å². The van der Waals surface area contributed by atoms with Gasteiger partial charge in [0, 0.05) is 10.6 Å². The molecule has 0 fully saturated rings. The van der Waals surface area contributed by atoms with Gasteiger partial charge in [-0.2, -0.15) is 5.10 Å². The van der Waals surface area contributed by atoms with E-state index < -0.39 is 0 Å². The van der Waals surface area contributed by atoms with Crippen LogP contribution in [0.15, 0.2) is 41.5 Å². The topological polar surface area (TPSA) is 52.1 Å². The zero-order valence-electron chi connectivity index (χ0n) is 13.5. The molecule has 0 saturated heterocycles. The maximum Gasteiger partial charge on any atom is 0.203 e. The summed E-state index contributed by atoms with van der Waals surface area (Å²) >= 11 is 5.95. The van der Waals surface area contributed by atoms with Crippen molar-refractivity contribution < 1.29 is 14.2 Å². The lowest BCUT2D eigenvalue weighted by Gasteiger charge is -2.14. The van der Waals surface area contributed by atoms with Gasteiger partial charge in [0.1, 0.15) is 0 Å². The van der Waals surface area contributed by atoms with Crippen LogP contribution in [0.25, 0.3) is 0 Å². The molecule has 0 amide bonds. The first-order valence-electron chi connectivity index (χ1n) is 6.95. The molecule has 0 heterocycles. The number of methoxy groups -OCH3 is 3. The van der Waals surface area contributed by atoms with Crippen LogP contribution < -0.4 is 19.6 Å². The largest absolute Gasteiger partial charge is 0.493 e. The van der Waals surface area contributed by atoms with Gasteiger partial charge in [-0.25, -0.2) is 0 Å². The first kappa shape index (κ1) is 17.0. The number of hydrogen-bond donors (Lipinski definition) is 1. The van der Waals surface area contributed by atoms with E-state index >= 15 is 0 Å². The van der Waals surface area contributed by atoms with Gasteiger partial charge >= 0.3 is 0 Å². The third-order valence-corrected chi connectivity index (χ3v) is 3.49. The van der Waals surface area contributed by atoms with Crippen LogP contribution in [0.2, 0.25) is 5.02 Å². The molecule has 2 rings (SSSR count). The highest BCUT2D eigenvalue weighted by molar-refractivity contribution is 6.30. The Kier molecular flexibility index (Phi) is 5.71. The van der Waals surface area contributed by atoms with Gasteiger partial charge in [-0.1, -0.05) is 17.7 Å². The van der Waals surface area contributed by atoms with E-state index in [2.05, 4.69) is 10.5 Å². The van der Waals surface area contributed by atoms with Gasteiger partial charge in [0.2, 0.25) is 5.75 Å². The van der Waals surface area contributed by atoms with E-state index in [0.29, 0.717) is 22.3 Å². The van der Waals surface area contributed by atoms with E-state index in [-0.39, 0.29) is 0 Å². The van der Waals surface area contributed by atoms with Gasteiger partial charge in [-0.3, -0.25) is 5.43 Å². The second kappa shape index (κ2) is 7.74. The summed E-state index contributed by atoms with van der Waals surface area (Å²) < 4.78 is 16.0. The van der Waals surface area contributed by atoms with E-state index in [4.69, 9.17) is 25.8 Å². The number of anilines is 1. The van der Waals surface area contributed by atoms with E-state index in [1.807, 2.05) is 37.3 Å². The summed E-state index contributed by atoms with van der Waals surface area (Å²) in [6.45, 7) is 1.89. The zero-order valence-corrected chi connectivity index (χ0v) is 14.3. The van der Waals surface area contributed by atoms with E-state index in [9.17, 15) is 0 Å². The van der Waals surface area contributed by atoms with Gasteiger partial charge in [0.05, 0.1) is 32.7 Å². The van der Waals surface area contributed by atoms with Crippen molar-refractivity contribution in [2.45, 2.75) is 6.92 Å². The first-order chi connectivity index (χ1) is 11.1. The third-order valence-electron chi connectivity index (χ3n) is 3.26. The number of hydrogen-bond acceptors (Lipinski definition) is 5. The quantitative estimate of drug-likeness (QED) is 0.635. The normalized spacial score (nSPS) is 11.1. The lowest BCUT2D eigenvalue weighted by molar-refractivity contribution is 0.324. The number of benzene rings is 2. The minimum absolute atomic E-state index is 0.550. The van der Waals surface area contributed by atoms with Gasteiger partial charge in [0.25, 0.3) is 0 Å². The lowest BCUT2D eigenvalue weighted by atomic mass is 10.1. The summed E-state index contributed by atoms with van der Waals surface area (Å²) in [7, 11) is 4.73. The average molecular weight is 335 g/mol. The highest BCUT2D eigenvalue weighted by Gasteiger charge is 2.14. The van der Waals surface area contributed by atoms with Crippen LogP contribution in [0.3, 0.4) is 0 Å². The number of rotatable bonds is 6. The van der Waals surface area contributed by atoms with Crippen LogP contribution in [-0.4, -0.2) is 27.0 Å². The molecular formula is C17H19ClN2O3. The van der Waals surface area contributed by atoms with Gasteiger partial charge in [-0.05, 0) is 37.3 Å². The Labute approximate surface area is 140 Å². The molecule has 0 spiro atoms. The fourth-order valence-corrected chi connectivity index (χ4v) is 2.25. The Morgan fingerprint density at radius 2 is 1.65 bits per heavy atom. The molecule has 0 bridgehead atoms. The lowest BCUT2D eigenvalue weighted by Crippen LogP contribution is -2.03. The summed E-state index contributed by atoms with van der Waals surface area (Å²) in [6, 6.07) is 11.0. The predicted molar refractivity (Wildman–Crippen MR) is 93.4 cm³/mol. The fraction of sp³-hybridized carbons (Fsp3) is 0.235. The van der Waals surface area contributed by atoms with Gasteiger partial charge in [-0.15, -0.1) is 0 Å². The van der Waals surface area contributed by atoms with Crippen LogP contribution in [0.1, 0.15) is 12.5 Å². The molecule has 0 radical (unpaired) electrons. The monoisotopic (exact) mass is 334 g/mol. The maximum absolute atomic E-state index is 5.95. The zero-order chi connectivity index (χ0) is 16.8. The molecule has 0 aliphatic heterocycles. The highest BCUT2D eigenvalue weighted by atomic mass is 35.5. The summed E-state index contributed by atoms with van der Waals surface area (Å²) in [5.74, 6) is 1.72. The fourth-order valence-electron chi connectivity index (χ4n) is 2.06. The molecule has 0 aromatic heterocycles. The summed E-state index contributed by atoms with van der Waals surface area (Å²) in [4.78, 5) is 0. The first-order valence-corrected chi connectivity index (χ1v) is 7.33. The Morgan fingerprint density at radius 1 is 1.00 bits per heavy atom. The van der Waals surface area contributed by atoms with Crippen molar-refractivity contribution >= 4 is 23.0 Å². The smallest absolute Gasteiger partial charge is 0.203 e. The molecular weight excluding hydrogens is 316 g/mol. The number of hydrazone groups is 1. The van der Waals surface area contributed by atoms with Crippen molar-refractivity contribution in [1.82, 2.24) is 0 Å². The number of halogens is 1. The average Bonchev–Trinajstić information content (AvgIpc) is 2.58. The number of ether oxygens (including phenoxy) is 3. The van der Waals surface area contributed by atoms with Crippen molar-refractivity contribution in [3.63, 3.8) is 0 Å². The van der Waals surface area contributed by atoms with Gasteiger partial charge in [0.15, 0.2) is 11.5 Å². The minimum Gasteiger partial charge on any atom is -0.493 e. The molecule has 0 aliphatic carbocycles. The molecule has 23 heavy (non-hydrogen) atoms. The van der Waals surface area contributed by atoms with Crippen molar-refractivity contribution in [2.24, 2.45) is 5.10 Å². The molecule has 122 valence electrons. The molecule has 6 heteroatoms. The summed E-state index contributed by atoms with van der Waals surface area (Å²) in [6.07, 6.45) is 0. The highest BCUT2D eigenvalue weighted by Crippen LogP contribution is 2.38.